The summed E-state index contributed by atoms with van der Waals surface area (Å²) in [5.41, 5.74) is 2.03. The first-order chi connectivity index (χ1) is 25.2. The Kier molecular flexibility index (Phi) is 9.81. The molecule has 0 radical (unpaired) electrons. The SMILES string of the molecule is O/C(=C(/c1ccccc1)P(c1ccccc1)c1ccccc1)C1C2C=CC(C2)C1/C(O)=C(\c1ccccc1)P(c1ccccc1)c1ccccc1. The number of allylic oxidation sites excluding steroid dienone is 4. The first-order valence-corrected chi connectivity index (χ1v) is 20.3. The molecular weight excluding hydrogens is 658 g/mol. The van der Waals surface area contributed by atoms with Crippen molar-refractivity contribution in [2.45, 2.75) is 6.42 Å². The molecular formula is C47H40O2P2. The molecule has 4 atom stereocenters. The highest BCUT2D eigenvalue weighted by atomic mass is 31.1. The van der Waals surface area contributed by atoms with Gasteiger partial charge in [-0.2, -0.15) is 0 Å². The van der Waals surface area contributed by atoms with Crippen LogP contribution in [0.4, 0.5) is 0 Å². The minimum absolute atomic E-state index is 0.112. The Morgan fingerprint density at radius 3 is 0.902 bits per heavy atom. The summed E-state index contributed by atoms with van der Waals surface area (Å²) in [5, 5.41) is 32.8. The van der Waals surface area contributed by atoms with Gasteiger partial charge in [0.2, 0.25) is 0 Å². The molecule has 4 heteroatoms. The number of fused-ring (bicyclic) bond motifs is 2. The maximum Gasteiger partial charge on any atom is 0.106 e. The summed E-state index contributed by atoms with van der Waals surface area (Å²) in [5.74, 6) is 0.445. The lowest BCUT2D eigenvalue weighted by atomic mass is 9.79. The molecule has 51 heavy (non-hydrogen) atoms. The van der Waals surface area contributed by atoms with Crippen molar-refractivity contribution in [2.24, 2.45) is 23.7 Å². The van der Waals surface area contributed by atoms with E-state index >= 15 is 0 Å². The topological polar surface area (TPSA) is 40.5 Å². The lowest BCUT2D eigenvalue weighted by molar-refractivity contribution is 0.220. The molecule has 1 saturated carbocycles. The lowest BCUT2D eigenvalue weighted by Crippen LogP contribution is -2.26. The maximum atomic E-state index is 13.1. The van der Waals surface area contributed by atoms with Gasteiger partial charge >= 0.3 is 0 Å². The second-order valence-electron chi connectivity index (χ2n) is 13.2. The van der Waals surface area contributed by atoms with Crippen molar-refractivity contribution in [1.82, 2.24) is 0 Å². The summed E-state index contributed by atoms with van der Waals surface area (Å²) in [7, 11) is -2.25. The van der Waals surface area contributed by atoms with Gasteiger partial charge in [-0.05, 0) is 66.4 Å². The minimum Gasteiger partial charge on any atom is -0.511 e. The summed E-state index contributed by atoms with van der Waals surface area (Å²) in [6, 6.07) is 63.2. The van der Waals surface area contributed by atoms with E-state index in [-0.39, 0.29) is 23.7 Å². The summed E-state index contributed by atoms with van der Waals surface area (Å²) in [6.45, 7) is 0. The molecule has 2 aliphatic rings. The first-order valence-electron chi connectivity index (χ1n) is 17.6. The van der Waals surface area contributed by atoms with E-state index in [4.69, 9.17) is 0 Å². The average molecular weight is 699 g/mol. The Morgan fingerprint density at radius 2 is 0.627 bits per heavy atom. The largest absolute Gasteiger partial charge is 0.511 e. The highest BCUT2D eigenvalue weighted by Gasteiger charge is 2.51. The van der Waals surface area contributed by atoms with E-state index in [2.05, 4.69) is 182 Å². The van der Waals surface area contributed by atoms with E-state index < -0.39 is 15.8 Å². The zero-order valence-corrected chi connectivity index (χ0v) is 30.1. The van der Waals surface area contributed by atoms with Gasteiger partial charge in [0.1, 0.15) is 11.5 Å². The van der Waals surface area contributed by atoms with Crippen LogP contribution in [0.5, 0.6) is 0 Å². The van der Waals surface area contributed by atoms with Crippen molar-refractivity contribution in [2.75, 3.05) is 0 Å². The van der Waals surface area contributed by atoms with Crippen LogP contribution in [0.2, 0.25) is 0 Å². The van der Waals surface area contributed by atoms with Gasteiger partial charge in [-0.25, -0.2) is 0 Å². The minimum atomic E-state index is -1.13. The van der Waals surface area contributed by atoms with E-state index in [1.54, 1.807) is 0 Å². The molecule has 2 N–H and O–H groups in total. The highest BCUT2D eigenvalue weighted by Crippen LogP contribution is 2.61. The van der Waals surface area contributed by atoms with Gasteiger partial charge in [0.15, 0.2) is 0 Å². The van der Waals surface area contributed by atoms with Gasteiger partial charge in [0, 0.05) is 22.5 Å². The Bertz CT molecular complexity index is 1910. The van der Waals surface area contributed by atoms with Crippen LogP contribution in [0.25, 0.3) is 10.6 Å². The maximum absolute atomic E-state index is 13.1. The third-order valence-electron chi connectivity index (χ3n) is 10.2. The molecule has 0 spiro atoms. The van der Waals surface area contributed by atoms with Gasteiger partial charge in [0.05, 0.1) is 0 Å². The van der Waals surface area contributed by atoms with E-state index in [1.165, 1.54) is 21.2 Å². The molecule has 8 rings (SSSR count). The monoisotopic (exact) mass is 698 g/mol. The molecule has 0 saturated heterocycles. The van der Waals surface area contributed by atoms with Crippen LogP contribution < -0.4 is 21.2 Å². The zero-order chi connectivity index (χ0) is 34.6. The van der Waals surface area contributed by atoms with E-state index in [1.807, 2.05) is 12.1 Å². The molecule has 6 aromatic rings. The van der Waals surface area contributed by atoms with Crippen molar-refractivity contribution in [3.05, 3.63) is 217 Å². The van der Waals surface area contributed by atoms with Crippen LogP contribution in [-0.4, -0.2) is 10.2 Å². The molecule has 0 aromatic heterocycles. The van der Waals surface area contributed by atoms with E-state index in [0.717, 1.165) is 28.2 Å². The highest BCUT2D eigenvalue weighted by molar-refractivity contribution is 7.82. The number of hydrogen-bond acceptors (Lipinski definition) is 2. The smallest absolute Gasteiger partial charge is 0.106 e. The zero-order valence-electron chi connectivity index (χ0n) is 28.3. The fraction of sp³-hybridized carbons (Fsp3) is 0.106. The number of rotatable bonds is 10. The second-order valence-corrected chi connectivity index (χ2v) is 17.5. The number of aliphatic hydroxyl groups is 2. The first kappa shape index (κ1) is 33.2. The normalized spacial score (nSPS) is 20.4. The van der Waals surface area contributed by atoms with Crippen LogP contribution >= 0.6 is 15.8 Å². The predicted molar refractivity (Wildman–Crippen MR) is 218 cm³/mol. The Morgan fingerprint density at radius 1 is 0.373 bits per heavy atom. The summed E-state index contributed by atoms with van der Waals surface area (Å²) < 4.78 is 0. The van der Waals surface area contributed by atoms with Crippen molar-refractivity contribution in [3.63, 3.8) is 0 Å². The summed E-state index contributed by atoms with van der Waals surface area (Å²) in [4.78, 5) is 0. The molecule has 2 aliphatic carbocycles. The molecule has 4 unspecified atom stereocenters. The van der Waals surface area contributed by atoms with Crippen molar-refractivity contribution < 1.29 is 10.2 Å². The van der Waals surface area contributed by atoms with Crippen molar-refractivity contribution >= 4 is 47.7 Å². The van der Waals surface area contributed by atoms with Crippen LogP contribution in [0, 0.1) is 23.7 Å². The number of aliphatic hydroxyl groups excluding tert-OH is 2. The quantitative estimate of drug-likeness (QED) is 0.0850. The lowest BCUT2D eigenvalue weighted by Gasteiger charge is -2.34. The molecule has 2 nitrogen and oxygen atoms in total. The number of benzene rings is 6. The van der Waals surface area contributed by atoms with Crippen molar-refractivity contribution in [3.8, 4) is 0 Å². The van der Waals surface area contributed by atoms with Crippen LogP contribution in [0.3, 0.4) is 0 Å². The summed E-state index contributed by atoms with van der Waals surface area (Å²) >= 11 is 0. The summed E-state index contributed by atoms with van der Waals surface area (Å²) in [6.07, 6.45) is 5.46. The van der Waals surface area contributed by atoms with Crippen molar-refractivity contribution in [1.29, 1.82) is 0 Å². The van der Waals surface area contributed by atoms with Gasteiger partial charge in [-0.15, -0.1) is 0 Å². The van der Waals surface area contributed by atoms with Crippen LogP contribution in [0.1, 0.15) is 17.5 Å². The van der Waals surface area contributed by atoms with E-state index in [0.29, 0.717) is 11.5 Å². The predicted octanol–water partition coefficient (Wildman–Crippen LogP) is 10.5. The molecule has 250 valence electrons. The Labute approximate surface area is 303 Å². The van der Waals surface area contributed by atoms with Gasteiger partial charge in [0.25, 0.3) is 0 Å². The fourth-order valence-electron chi connectivity index (χ4n) is 7.98. The van der Waals surface area contributed by atoms with Gasteiger partial charge < -0.3 is 10.2 Å². The average Bonchev–Trinajstić information content (AvgIpc) is 3.83. The number of hydrogen-bond donors (Lipinski definition) is 2. The third kappa shape index (κ3) is 6.63. The van der Waals surface area contributed by atoms with Gasteiger partial charge in [-0.1, -0.05) is 194 Å². The molecule has 1 fully saturated rings. The van der Waals surface area contributed by atoms with Crippen LogP contribution in [-0.2, 0) is 0 Å². The fourth-order valence-corrected chi connectivity index (χ4v) is 13.1. The second kappa shape index (κ2) is 15.1. The molecule has 0 aliphatic heterocycles. The third-order valence-corrected chi connectivity index (χ3v) is 15.3. The van der Waals surface area contributed by atoms with Crippen LogP contribution in [0.15, 0.2) is 206 Å². The van der Waals surface area contributed by atoms with Gasteiger partial charge in [-0.3, -0.25) is 0 Å². The molecule has 2 bridgehead atoms. The standard InChI is InChI=1S/C47H40O2P2/c48-44(46(34-19-7-1-8-20-34)50(38-23-11-3-12-24-38)39-25-13-4-14-26-39)42-36-31-32-37(33-36)43(42)45(49)47(35-21-9-2-10-22-35)51(40-27-15-5-16-28-40)41-29-17-6-18-30-41/h1-32,36-37,42-43,48-49H,33H2/b46-44-,47-45-. The molecule has 0 amide bonds. The van der Waals surface area contributed by atoms with E-state index in [9.17, 15) is 10.2 Å². The Hall–Kier alpha value is -5.00. The molecule has 6 aromatic carbocycles. The Balaban J connectivity index is 1.37. The molecule has 0 heterocycles.